The Morgan fingerprint density at radius 2 is 1.60 bits per heavy atom. The van der Waals surface area contributed by atoms with Crippen molar-refractivity contribution in [2.75, 3.05) is 18.0 Å². The molecule has 0 unspecified atom stereocenters. The Labute approximate surface area is 206 Å². The Hall–Kier alpha value is -3.46. The van der Waals surface area contributed by atoms with Crippen LogP contribution in [0.4, 0.5) is 24.8 Å². The first-order valence-electron chi connectivity index (χ1n) is 11.0. The van der Waals surface area contributed by atoms with Gasteiger partial charge in [0.2, 0.25) is 17.8 Å². The van der Waals surface area contributed by atoms with Crippen molar-refractivity contribution in [2.24, 2.45) is 0 Å². The number of halogens is 4. The summed E-state index contributed by atoms with van der Waals surface area (Å²) in [6.45, 7) is 4.70. The molecule has 0 aliphatic rings. The van der Waals surface area contributed by atoms with E-state index >= 15 is 0 Å². The SMILES string of the molecule is CCN(CC)C(=O)CCC(=O)N(c1ccc(C(F)(F)F)cc1)c1nccc(-c2cccc(Cl)c2)n1. The van der Waals surface area contributed by atoms with E-state index in [4.69, 9.17) is 11.6 Å². The molecule has 0 atom stereocenters. The van der Waals surface area contributed by atoms with Crippen LogP contribution in [0.1, 0.15) is 32.3 Å². The van der Waals surface area contributed by atoms with Gasteiger partial charge in [0.15, 0.2) is 0 Å². The number of amides is 2. The second kappa shape index (κ2) is 11.3. The molecule has 0 aliphatic heterocycles. The van der Waals surface area contributed by atoms with Crippen molar-refractivity contribution < 1.29 is 22.8 Å². The molecule has 6 nitrogen and oxygen atoms in total. The van der Waals surface area contributed by atoms with Gasteiger partial charge in [-0.05, 0) is 56.3 Å². The summed E-state index contributed by atoms with van der Waals surface area (Å²) in [4.78, 5) is 37.1. The minimum atomic E-state index is -4.52. The van der Waals surface area contributed by atoms with Gasteiger partial charge in [0.25, 0.3) is 0 Å². The van der Waals surface area contributed by atoms with Gasteiger partial charge in [-0.1, -0.05) is 23.7 Å². The summed E-state index contributed by atoms with van der Waals surface area (Å²) >= 11 is 6.08. The van der Waals surface area contributed by atoms with E-state index in [1.165, 1.54) is 18.3 Å². The largest absolute Gasteiger partial charge is 0.416 e. The van der Waals surface area contributed by atoms with Gasteiger partial charge < -0.3 is 4.90 Å². The predicted octanol–water partition coefficient (Wildman–Crippen LogP) is 6.13. The molecule has 10 heteroatoms. The van der Waals surface area contributed by atoms with Crippen LogP contribution in [0.5, 0.6) is 0 Å². The van der Waals surface area contributed by atoms with Gasteiger partial charge in [-0.3, -0.25) is 9.59 Å². The fourth-order valence-corrected chi connectivity index (χ4v) is 3.69. The first-order chi connectivity index (χ1) is 16.6. The summed E-state index contributed by atoms with van der Waals surface area (Å²) < 4.78 is 39.2. The molecule has 0 N–H and O–H groups in total. The second-order valence-corrected chi connectivity index (χ2v) is 8.03. The van der Waals surface area contributed by atoms with Crippen molar-refractivity contribution in [3.05, 3.63) is 71.4 Å². The van der Waals surface area contributed by atoms with E-state index in [-0.39, 0.29) is 30.4 Å². The van der Waals surface area contributed by atoms with Crippen LogP contribution >= 0.6 is 11.6 Å². The number of alkyl halides is 3. The van der Waals surface area contributed by atoms with Gasteiger partial charge in [-0.2, -0.15) is 13.2 Å². The van der Waals surface area contributed by atoms with Crippen LogP contribution in [0.15, 0.2) is 60.8 Å². The van der Waals surface area contributed by atoms with Crippen LogP contribution in [-0.4, -0.2) is 39.8 Å². The molecule has 2 aromatic carbocycles. The molecule has 35 heavy (non-hydrogen) atoms. The number of anilines is 2. The number of hydrogen-bond donors (Lipinski definition) is 0. The fourth-order valence-electron chi connectivity index (χ4n) is 3.50. The van der Waals surface area contributed by atoms with Crippen LogP contribution in [0, 0.1) is 0 Å². The third kappa shape index (κ3) is 6.57. The molecule has 0 radical (unpaired) electrons. The van der Waals surface area contributed by atoms with Crippen molar-refractivity contribution in [2.45, 2.75) is 32.9 Å². The molecular formula is C25H24ClF3N4O2. The quantitative estimate of drug-likeness (QED) is 0.370. The van der Waals surface area contributed by atoms with E-state index in [9.17, 15) is 22.8 Å². The maximum Gasteiger partial charge on any atom is 0.416 e. The van der Waals surface area contributed by atoms with E-state index in [0.717, 1.165) is 17.0 Å². The van der Waals surface area contributed by atoms with Crippen LogP contribution in [0.3, 0.4) is 0 Å². The Balaban J connectivity index is 1.98. The number of rotatable bonds is 8. The molecular weight excluding hydrogens is 481 g/mol. The molecule has 184 valence electrons. The van der Waals surface area contributed by atoms with E-state index in [2.05, 4.69) is 9.97 Å². The first kappa shape index (κ1) is 26.2. The van der Waals surface area contributed by atoms with Gasteiger partial charge in [0.1, 0.15) is 0 Å². The van der Waals surface area contributed by atoms with Gasteiger partial charge in [-0.15, -0.1) is 0 Å². The Kier molecular flexibility index (Phi) is 8.45. The number of aromatic nitrogens is 2. The average molecular weight is 505 g/mol. The normalized spacial score (nSPS) is 11.3. The Morgan fingerprint density at radius 3 is 2.20 bits per heavy atom. The predicted molar refractivity (Wildman–Crippen MR) is 128 cm³/mol. The number of nitrogens with zero attached hydrogens (tertiary/aromatic N) is 4. The van der Waals surface area contributed by atoms with Crippen molar-refractivity contribution in [1.82, 2.24) is 14.9 Å². The summed E-state index contributed by atoms with van der Waals surface area (Å²) in [5.41, 5.74) is 0.458. The molecule has 0 saturated carbocycles. The topological polar surface area (TPSA) is 66.4 Å². The monoisotopic (exact) mass is 504 g/mol. The number of hydrogen-bond acceptors (Lipinski definition) is 4. The standard InChI is InChI=1S/C25H24ClF3N4O2/c1-3-32(4-2)22(34)12-13-23(35)33(20-10-8-18(9-11-20)25(27,28)29)24-30-15-14-21(31-24)17-6-5-7-19(26)16-17/h5-11,14-16H,3-4,12-13H2,1-2H3. The molecule has 0 spiro atoms. The third-order valence-corrected chi connectivity index (χ3v) is 5.57. The van der Waals surface area contributed by atoms with Gasteiger partial charge in [-0.25, -0.2) is 14.9 Å². The van der Waals surface area contributed by atoms with Crippen LogP contribution in [-0.2, 0) is 15.8 Å². The highest BCUT2D eigenvalue weighted by Crippen LogP contribution is 2.32. The van der Waals surface area contributed by atoms with Crippen molar-refractivity contribution in [3.63, 3.8) is 0 Å². The summed E-state index contributed by atoms with van der Waals surface area (Å²) in [5.74, 6) is -0.736. The highest BCUT2D eigenvalue weighted by molar-refractivity contribution is 6.30. The molecule has 3 rings (SSSR count). The summed E-state index contributed by atoms with van der Waals surface area (Å²) in [7, 11) is 0. The smallest absolute Gasteiger partial charge is 0.343 e. The number of carbonyl (C=O) groups excluding carboxylic acids is 2. The van der Waals surface area contributed by atoms with Gasteiger partial charge >= 0.3 is 6.18 Å². The van der Waals surface area contributed by atoms with Crippen LogP contribution < -0.4 is 4.90 Å². The zero-order chi connectivity index (χ0) is 25.6. The lowest BCUT2D eigenvalue weighted by Crippen LogP contribution is -2.33. The Bertz CT molecular complexity index is 1180. The number of benzene rings is 2. The minimum Gasteiger partial charge on any atom is -0.343 e. The van der Waals surface area contributed by atoms with E-state index in [1.807, 2.05) is 13.8 Å². The zero-order valence-electron chi connectivity index (χ0n) is 19.2. The minimum absolute atomic E-state index is 0.0254. The van der Waals surface area contributed by atoms with Crippen LogP contribution in [0.25, 0.3) is 11.3 Å². The second-order valence-electron chi connectivity index (χ2n) is 7.59. The van der Waals surface area contributed by atoms with Gasteiger partial charge in [0.05, 0.1) is 16.9 Å². The highest BCUT2D eigenvalue weighted by Gasteiger charge is 2.31. The highest BCUT2D eigenvalue weighted by atomic mass is 35.5. The molecule has 0 saturated heterocycles. The lowest BCUT2D eigenvalue weighted by molar-refractivity contribution is -0.137. The van der Waals surface area contributed by atoms with Crippen molar-refractivity contribution >= 4 is 35.1 Å². The van der Waals surface area contributed by atoms with Gasteiger partial charge in [0, 0.05) is 42.7 Å². The molecule has 1 heterocycles. The maximum absolute atomic E-state index is 13.3. The first-order valence-corrected chi connectivity index (χ1v) is 11.4. The van der Waals surface area contributed by atoms with E-state index < -0.39 is 17.6 Å². The van der Waals surface area contributed by atoms with Crippen LogP contribution in [0.2, 0.25) is 5.02 Å². The summed E-state index contributed by atoms with van der Waals surface area (Å²) in [5, 5.41) is 0.494. The molecule has 1 aromatic heterocycles. The summed E-state index contributed by atoms with van der Waals surface area (Å²) in [6, 6.07) is 12.7. The van der Waals surface area contributed by atoms with Crippen molar-refractivity contribution in [3.8, 4) is 11.3 Å². The third-order valence-electron chi connectivity index (χ3n) is 5.33. The summed E-state index contributed by atoms with van der Waals surface area (Å²) in [6.07, 6.45) is -3.29. The van der Waals surface area contributed by atoms with Crippen molar-refractivity contribution in [1.29, 1.82) is 0 Å². The lowest BCUT2D eigenvalue weighted by atomic mass is 10.1. The zero-order valence-corrected chi connectivity index (χ0v) is 20.0. The maximum atomic E-state index is 13.3. The average Bonchev–Trinajstić information content (AvgIpc) is 2.84. The molecule has 0 aliphatic carbocycles. The fraction of sp³-hybridized carbons (Fsp3) is 0.280. The Morgan fingerprint density at radius 1 is 0.943 bits per heavy atom. The van der Waals surface area contributed by atoms with E-state index in [1.54, 1.807) is 35.2 Å². The van der Waals surface area contributed by atoms with E-state index in [0.29, 0.717) is 29.4 Å². The molecule has 0 bridgehead atoms. The lowest BCUT2D eigenvalue weighted by Gasteiger charge is -2.23. The molecule has 0 fully saturated rings. The molecule has 3 aromatic rings. The molecule has 2 amide bonds. The number of carbonyl (C=O) groups is 2.